The van der Waals surface area contributed by atoms with Gasteiger partial charge in [-0.15, -0.1) is 0 Å². The molecule has 2 saturated heterocycles. The van der Waals surface area contributed by atoms with E-state index in [0.717, 1.165) is 49.4 Å². The number of hydrogen-bond acceptors (Lipinski definition) is 5. The number of nitrogens with zero attached hydrogens (tertiary/aromatic N) is 5. The minimum atomic E-state index is -4.41. The van der Waals surface area contributed by atoms with E-state index < -0.39 is 11.7 Å². The molecule has 0 unspecified atom stereocenters. The van der Waals surface area contributed by atoms with Crippen LogP contribution in [-0.2, 0) is 12.7 Å². The number of carbonyl (C=O) groups is 1. The molecule has 2 aliphatic heterocycles. The van der Waals surface area contributed by atoms with Gasteiger partial charge in [-0.05, 0) is 74.2 Å². The first-order valence-corrected chi connectivity index (χ1v) is 12.9. The van der Waals surface area contributed by atoms with Crippen molar-refractivity contribution in [2.75, 3.05) is 19.7 Å². The number of aryl methyl sites for hydroxylation is 1. The third-order valence-corrected chi connectivity index (χ3v) is 7.99. The Morgan fingerprint density at radius 2 is 1.84 bits per heavy atom. The normalized spacial score (nSPS) is 20.2. The summed E-state index contributed by atoms with van der Waals surface area (Å²) in [6.45, 7) is 9.08. The van der Waals surface area contributed by atoms with Crippen molar-refractivity contribution in [2.24, 2.45) is 0 Å². The number of halogens is 3. The summed E-state index contributed by atoms with van der Waals surface area (Å²) in [7, 11) is 0. The van der Waals surface area contributed by atoms with Crippen LogP contribution in [0.25, 0.3) is 0 Å². The molecule has 1 aromatic heterocycles. The molecule has 5 rings (SSSR count). The minimum absolute atomic E-state index is 0.0613. The van der Waals surface area contributed by atoms with E-state index in [2.05, 4.69) is 41.8 Å². The lowest BCUT2D eigenvalue weighted by molar-refractivity contribution is -0.137. The SMILES string of the molecule is Cc1c(OCCCn2cncn2)ccc([C@@H](C)N2C[C@@H]3C[C@H]2CN3C(=O)c2ccc(C(F)(F)F)cc2)c1C. The van der Waals surface area contributed by atoms with Crippen LogP contribution >= 0.6 is 0 Å². The zero-order valence-corrected chi connectivity index (χ0v) is 21.8. The van der Waals surface area contributed by atoms with Crippen molar-refractivity contribution in [3.63, 3.8) is 0 Å². The van der Waals surface area contributed by atoms with Gasteiger partial charge in [-0.1, -0.05) is 6.07 Å². The second kappa shape index (κ2) is 10.4. The predicted octanol–water partition coefficient (Wildman–Crippen LogP) is 5.04. The van der Waals surface area contributed by atoms with E-state index in [0.29, 0.717) is 18.7 Å². The summed E-state index contributed by atoms with van der Waals surface area (Å²) >= 11 is 0. The Bertz CT molecular complexity index is 1280. The zero-order valence-electron chi connectivity index (χ0n) is 21.8. The standard InChI is InChI=1S/C28H32F3N5O2/c1-18-19(2)26(38-12-4-11-34-17-32-16-33-34)10-9-25(18)20(3)35-14-24-13-23(35)15-36(24)27(37)21-5-7-22(8-6-21)28(29,30)31/h5-10,16-17,20,23-24H,4,11-15H2,1-3H3/t20-,23+,24+/m1/s1. The van der Waals surface area contributed by atoms with Gasteiger partial charge in [-0.25, -0.2) is 4.98 Å². The van der Waals surface area contributed by atoms with E-state index in [9.17, 15) is 18.0 Å². The maximum atomic E-state index is 13.1. The van der Waals surface area contributed by atoms with Gasteiger partial charge in [0.05, 0.1) is 12.2 Å². The third kappa shape index (κ3) is 5.14. The lowest BCUT2D eigenvalue weighted by Gasteiger charge is -2.38. The molecule has 38 heavy (non-hydrogen) atoms. The molecule has 10 heteroatoms. The highest BCUT2D eigenvalue weighted by molar-refractivity contribution is 5.94. The van der Waals surface area contributed by atoms with Crippen LogP contribution in [0.3, 0.4) is 0 Å². The van der Waals surface area contributed by atoms with Crippen molar-refractivity contribution in [1.82, 2.24) is 24.6 Å². The molecule has 2 bridgehead atoms. The van der Waals surface area contributed by atoms with E-state index in [1.54, 1.807) is 11.0 Å². The molecule has 2 fully saturated rings. The van der Waals surface area contributed by atoms with Crippen molar-refractivity contribution in [3.05, 3.63) is 76.9 Å². The van der Waals surface area contributed by atoms with Gasteiger partial charge in [0, 0.05) is 49.7 Å². The predicted molar refractivity (Wildman–Crippen MR) is 136 cm³/mol. The summed E-state index contributed by atoms with van der Waals surface area (Å²) in [6, 6.07) is 9.15. The number of rotatable bonds is 8. The molecule has 202 valence electrons. The number of aromatic nitrogens is 3. The smallest absolute Gasteiger partial charge is 0.416 e. The fourth-order valence-electron chi connectivity index (χ4n) is 5.75. The molecule has 0 N–H and O–H groups in total. The minimum Gasteiger partial charge on any atom is -0.493 e. The quantitative estimate of drug-likeness (QED) is 0.384. The summed E-state index contributed by atoms with van der Waals surface area (Å²) in [4.78, 5) is 21.3. The van der Waals surface area contributed by atoms with E-state index in [1.807, 2.05) is 11.0 Å². The van der Waals surface area contributed by atoms with Gasteiger partial charge in [-0.2, -0.15) is 18.3 Å². The van der Waals surface area contributed by atoms with E-state index in [-0.39, 0.29) is 24.0 Å². The van der Waals surface area contributed by atoms with Crippen molar-refractivity contribution in [2.45, 2.75) is 64.5 Å². The Kier molecular flexibility index (Phi) is 7.17. The average molecular weight is 528 g/mol. The molecule has 3 heterocycles. The van der Waals surface area contributed by atoms with Crippen LogP contribution in [-0.4, -0.2) is 62.3 Å². The Hall–Kier alpha value is -3.40. The topological polar surface area (TPSA) is 63.5 Å². The van der Waals surface area contributed by atoms with Gasteiger partial charge in [0.25, 0.3) is 5.91 Å². The number of likely N-dealkylation sites (tertiary alicyclic amines) is 2. The number of piperazine rings is 1. The summed E-state index contributed by atoms with van der Waals surface area (Å²) in [6.07, 6.45) is 0.514. The first kappa shape index (κ1) is 26.2. The van der Waals surface area contributed by atoms with Gasteiger partial charge in [0.2, 0.25) is 0 Å². The molecule has 1 amide bonds. The average Bonchev–Trinajstić information content (AvgIpc) is 3.66. The molecule has 0 saturated carbocycles. The number of amides is 1. The number of fused-ring (bicyclic) bond motifs is 2. The fraction of sp³-hybridized carbons (Fsp3) is 0.464. The van der Waals surface area contributed by atoms with E-state index >= 15 is 0 Å². The highest BCUT2D eigenvalue weighted by Crippen LogP contribution is 2.40. The lowest BCUT2D eigenvalue weighted by Crippen LogP contribution is -2.49. The molecule has 0 aliphatic carbocycles. The van der Waals surface area contributed by atoms with Crippen molar-refractivity contribution >= 4 is 5.91 Å². The number of ether oxygens (including phenoxy) is 1. The summed E-state index contributed by atoms with van der Waals surface area (Å²) in [5.41, 5.74) is 3.12. The molecular formula is C28H32F3N5O2. The number of benzene rings is 2. The molecule has 3 aromatic rings. The lowest BCUT2D eigenvalue weighted by atomic mass is 9.96. The maximum absolute atomic E-state index is 13.1. The monoisotopic (exact) mass is 527 g/mol. The highest BCUT2D eigenvalue weighted by Gasteiger charge is 2.47. The van der Waals surface area contributed by atoms with Crippen LogP contribution in [0.4, 0.5) is 13.2 Å². The van der Waals surface area contributed by atoms with Crippen molar-refractivity contribution in [3.8, 4) is 5.75 Å². The molecular weight excluding hydrogens is 495 g/mol. The fourth-order valence-corrected chi connectivity index (χ4v) is 5.75. The van der Waals surface area contributed by atoms with Crippen LogP contribution in [0.2, 0.25) is 0 Å². The van der Waals surface area contributed by atoms with Crippen LogP contribution < -0.4 is 4.74 Å². The molecule has 2 aromatic carbocycles. The Balaban J connectivity index is 1.19. The summed E-state index contributed by atoms with van der Waals surface area (Å²) in [5.74, 6) is 0.684. The zero-order chi connectivity index (χ0) is 27.0. The van der Waals surface area contributed by atoms with Gasteiger partial charge >= 0.3 is 6.18 Å². The molecule has 7 nitrogen and oxygen atoms in total. The Labute approximate surface area is 220 Å². The second-order valence-corrected chi connectivity index (χ2v) is 10.2. The number of carbonyl (C=O) groups excluding carboxylic acids is 1. The summed E-state index contributed by atoms with van der Waals surface area (Å²) in [5, 5.41) is 4.10. The molecule has 0 radical (unpaired) electrons. The summed E-state index contributed by atoms with van der Waals surface area (Å²) < 4.78 is 46.5. The van der Waals surface area contributed by atoms with Gasteiger partial charge in [0.15, 0.2) is 0 Å². The van der Waals surface area contributed by atoms with Crippen LogP contribution in [0, 0.1) is 13.8 Å². The van der Waals surface area contributed by atoms with E-state index in [1.165, 1.54) is 29.6 Å². The van der Waals surface area contributed by atoms with Crippen LogP contribution in [0.1, 0.15) is 58.4 Å². The number of alkyl halides is 3. The van der Waals surface area contributed by atoms with Crippen LogP contribution in [0.15, 0.2) is 49.1 Å². The van der Waals surface area contributed by atoms with Crippen molar-refractivity contribution in [1.29, 1.82) is 0 Å². The second-order valence-electron chi connectivity index (χ2n) is 10.2. The largest absolute Gasteiger partial charge is 0.493 e. The van der Waals surface area contributed by atoms with Gasteiger partial charge < -0.3 is 9.64 Å². The third-order valence-electron chi connectivity index (χ3n) is 7.99. The van der Waals surface area contributed by atoms with Crippen LogP contribution in [0.5, 0.6) is 5.75 Å². The first-order valence-electron chi connectivity index (χ1n) is 12.9. The number of hydrogen-bond donors (Lipinski definition) is 0. The molecule has 0 spiro atoms. The molecule has 3 atom stereocenters. The Morgan fingerprint density at radius 3 is 2.47 bits per heavy atom. The van der Waals surface area contributed by atoms with Crippen molar-refractivity contribution < 1.29 is 22.7 Å². The highest BCUT2D eigenvalue weighted by atomic mass is 19.4. The molecule has 2 aliphatic rings. The first-order chi connectivity index (χ1) is 18.1. The Morgan fingerprint density at radius 1 is 1.08 bits per heavy atom. The van der Waals surface area contributed by atoms with Gasteiger partial charge in [0.1, 0.15) is 18.4 Å². The van der Waals surface area contributed by atoms with Gasteiger partial charge in [-0.3, -0.25) is 14.4 Å². The maximum Gasteiger partial charge on any atom is 0.416 e. The van der Waals surface area contributed by atoms with E-state index in [4.69, 9.17) is 4.74 Å².